The van der Waals surface area contributed by atoms with Crippen molar-refractivity contribution in [2.45, 2.75) is 25.3 Å². The molecule has 0 bridgehead atoms. The van der Waals surface area contributed by atoms with Crippen LogP contribution in [0.25, 0.3) is 6.08 Å². The van der Waals surface area contributed by atoms with Gasteiger partial charge in [-0.3, -0.25) is 9.59 Å². The predicted octanol–water partition coefficient (Wildman–Crippen LogP) is 2.77. The lowest BCUT2D eigenvalue weighted by Crippen LogP contribution is -2.55. The second kappa shape index (κ2) is 12.2. The van der Waals surface area contributed by atoms with E-state index < -0.39 is 40.1 Å². The fourth-order valence-electron chi connectivity index (χ4n) is 4.05. The van der Waals surface area contributed by atoms with Crippen molar-refractivity contribution in [3.63, 3.8) is 0 Å². The standard InChI is InChI=1S/C30H23N3O8/c31-18-23(16-19-8-12-24(34)13-9-19)29(38)32-25(30(39)41-33(40)26(35)14-15-27(33)36)17-20-6-10-22(11-7-20)28(37)21-4-2-1-3-5-21/h1-13,16,25,40H,14-15,17H2,(H-,32,34,38)/p+1/t25-/m0/s1. The van der Waals surface area contributed by atoms with E-state index in [1.54, 1.807) is 48.5 Å². The molecule has 11 nitrogen and oxygen atoms in total. The molecule has 3 aromatic rings. The van der Waals surface area contributed by atoms with E-state index in [9.17, 15) is 39.5 Å². The molecule has 0 saturated carbocycles. The molecule has 3 N–H and O–H groups in total. The highest BCUT2D eigenvalue weighted by Crippen LogP contribution is 2.22. The number of carbonyl (C=O) groups is 5. The number of nitrogens with zero attached hydrogens (tertiary/aromatic N) is 2. The number of hydrogen-bond donors (Lipinski definition) is 3. The lowest BCUT2D eigenvalue weighted by Gasteiger charge is -2.21. The molecule has 1 heterocycles. The Labute approximate surface area is 234 Å². The molecule has 0 aromatic heterocycles. The zero-order valence-electron chi connectivity index (χ0n) is 21.5. The third kappa shape index (κ3) is 6.59. The minimum absolute atomic E-state index is 0.0172. The fraction of sp³-hybridized carbons (Fsp3) is 0.133. The van der Waals surface area contributed by atoms with Crippen LogP contribution in [0.15, 0.2) is 84.4 Å². The minimum atomic E-state index is -2.18. The number of phenolic OH excluding ortho intramolecular Hbond substituents is 1. The highest BCUT2D eigenvalue weighted by Gasteiger charge is 2.56. The molecule has 0 aliphatic carbocycles. The summed E-state index contributed by atoms with van der Waals surface area (Å²) in [7, 11) is 0. The molecular weight excluding hydrogens is 530 g/mol. The van der Waals surface area contributed by atoms with Crippen LogP contribution in [0.1, 0.15) is 39.9 Å². The SMILES string of the molecule is N#CC(=Cc1ccc(O)cc1)C(=O)N[C@@H](Cc1ccc(C(=O)c2ccccc2)cc1)C(=O)O[N+]1(O)C(=O)CCC1=O. The summed E-state index contributed by atoms with van der Waals surface area (Å²) in [5, 5.41) is 31.8. The van der Waals surface area contributed by atoms with E-state index >= 15 is 0 Å². The number of quaternary nitrogens is 1. The molecule has 1 saturated heterocycles. The number of carbonyl (C=O) groups excluding carboxylic acids is 5. The van der Waals surface area contributed by atoms with Crippen molar-refractivity contribution in [3.05, 3.63) is 107 Å². The van der Waals surface area contributed by atoms with Gasteiger partial charge in [-0.15, -0.1) is 0 Å². The second-order valence-electron chi connectivity index (χ2n) is 9.16. The van der Waals surface area contributed by atoms with Crippen LogP contribution in [-0.4, -0.2) is 50.6 Å². The molecule has 1 aliphatic rings. The maximum absolute atomic E-state index is 13.1. The Morgan fingerprint density at radius 3 is 2.10 bits per heavy atom. The number of hydrogen-bond acceptors (Lipinski definition) is 9. The monoisotopic (exact) mass is 554 g/mol. The molecule has 3 amide bonds. The van der Waals surface area contributed by atoms with Crippen LogP contribution < -0.4 is 5.32 Å². The van der Waals surface area contributed by atoms with Gasteiger partial charge in [0.2, 0.25) is 0 Å². The van der Waals surface area contributed by atoms with Crippen LogP contribution in [0.4, 0.5) is 0 Å². The normalized spacial score (nSPS) is 15.1. The maximum atomic E-state index is 13.1. The maximum Gasteiger partial charge on any atom is 0.397 e. The largest absolute Gasteiger partial charge is 0.508 e. The van der Waals surface area contributed by atoms with Gasteiger partial charge in [-0.2, -0.15) is 10.5 Å². The first-order chi connectivity index (χ1) is 19.6. The van der Waals surface area contributed by atoms with Crippen LogP contribution in [0.3, 0.4) is 0 Å². The van der Waals surface area contributed by atoms with E-state index in [2.05, 4.69) is 5.32 Å². The van der Waals surface area contributed by atoms with Gasteiger partial charge in [0.1, 0.15) is 28.2 Å². The Kier molecular flexibility index (Phi) is 8.48. The molecule has 41 heavy (non-hydrogen) atoms. The first-order valence-electron chi connectivity index (χ1n) is 12.4. The van der Waals surface area contributed by atoms with E-state index in [-0.39, 0.29) is 30.8 Å². The van der Waals surface area contributed by atoms with Crippen LogP contribution in [-0.2, 0) is 30.4 Å². The molecule has 0 spiro atoms. The van der Waals surface area contributed by atoms with Crippen molar-refractivity contribution in [2.24, 2.45) is 0 Å². The van der Waals surface area contributed by atoms with Gasteiger partial charge in [-0.05, 0) is 29.3 Å². The second-order valence-corrected chi connectivity index (χ2v) is 9.16. The van der Waals surface area contributed by atoms with Crippen molar-refractivity contribution < 1.29 is 43.9 Å². The number of hydroxylamine groups is 4. The molecule has 0 radical (unpaired) electrons. The Bertz CT molecular complexity index is 1560. The molecule has 4 rings (SSSR count). The van der Waals surface area contributed by atoms with E-state index in [1.807, 2.05) is 0 Å². The topological polar surface area (TPSA) is 171 Å². The van der Waals surface area contributed by atoms with E-state index in [4.69, 9.17) is 4.84 Å². The van der Waals surface area contributed by atoms with Gasteiger partial charge in [0.15, 0.2) is 5.78 Å². The van der Waals surface area contributed by atoms with E-state index in [1.165, 1.54) is 42.5 Å². The number of ketones is 1. The number of amides is 3. The quantitative estimate of drug-likeness (QED) is 0.0898. The Morgan fingerprint density at radius 2 is 1.51 bits per heavy atom. The molecule has 11 heteroatoms. The number of imide groups is 1. The summed E-state index contributed by atoms with van der Waals surface area (Å²) >= 11 is 0. The number of rotatable bonds is 9. The zero-order valence-corrected chi connectivity index (χ0v) is 21.5. The summed E-state index contributed by atoms with van der Waals surface area (Å²) in [6, 6.07) is 20.6. The van der Waals surface area contributed by atoms with Gasteiger partial charge in [0.25, 0.3) is 5.91 Å². The van der Waals surface area contributed by atoms with Gasteiger partial charge in [-0.1, -0.05) is 66.7 Å². The van der Waals surface area contributed by atoms with Gasteiger partial charge in [0, 0.05) is 17.5 Å². The van der Waals surface area contributed by atoms with Crippen LogP contribution in [0, 0.1) is 11.3 Å². The van der Waals surface area contributed by atoms with Crippen LogP contribution in [0.2, 0.25) is 0 Å². The van der Waals surface area contributed by atoms with Gasteiger partial charge < -0.3 is 10.4 Å². The zero-order chi connectivity index (χ0) is 29.6. The van der Waals surface area contributed by atoms with Crippen LogP contribution in [0.5, 0.6) is 5.75 Å². The van der Waals surface area contributed by atoms with Gasteiger partial charge >= 0.3 is 17.8 Å². The molecule has 3 aromatic carbocycles. The lowest BCUT2D eigenvalue weighted by atomic mass is 9.99. The number of nitriles is 1. The smallest absolute Gasteiger partial charge is 0.397 e. The summed E-state index contributed by atoms with van der Waals surface area (Å²) < 4.78 is 0. The summed E-state index contributed by atoms with van der Waals surface area (Å²) in [4.78, 5) is 65.7. The Morgan fingerprint density at radius 1 is 0.927 bits per heavy atom. The van der Waals surface area contributed by atoms with E-state index in [0.29, 0.717) is 22.3 Å². The first kappa shape index (κ1) is 28.6. The average molecular weight is 555 g/mol. The molecule has 1 fully saturated rings. The summed E-state index contributed by atoms with van der Waals surface area (Å²) in [5.41, 5.74) is 1.34. The fourth-order valence-corrected chi connectivity index (χ4v) is 4.05. The number of benzene rings is 3. The van der Waals surface area contributed by atoms with Crippen molar-refractivity contribution in [2.75, 3.05) is 0 Å². The highest BCUT2D eigenvalue weighted by molar-refractivity contribution is 6.09. The average Bonchev–Trinajstić information content (AvgIpc) is 3.23. The van der Waals surface area contributed by atoms with Gasteiger partial charge in [-0.25, -0.2) is 19.2 Å². The molecule has 1 aliphatic heterocycles. The van der Waals surface area contributed by atoms with Crippen molar-refractivity contribution in [1.82, 2.24) is 5.32 Å². The van der Waals surface area contributed by atoms with Gasteiger partial charge in [0.05, 0.1) is 12.8 Å². The molecule has 0 unspecified atom stereocenters. The van der Waals surface area contributed by atoms with Crippen LogP contribution >= 0.6 is 0 Å². The van der Waals surface area contributed by atoms with Crippen molar-refractivity contribution in [1.29, 1.82) is 5.26 Å². The third-order valence-electron chi connectivity index (χ3n) is 6.30. The number of aromatic hydroxyl groups is 1. The lowest BCUT2D eigenvalue weighted by molar-refractivity contribution is -1.12. The number of phenols is 1. The van der Waals surface area contributed by atoms with Crippen molar-refractivity contribution >= 4 is 35.6 Å². The Balaban J connectivity index is 1.58. The van der Waals surface area contributed by atoms with Crippen molar-refractivity contribution in [3.8, 4) is 11.8 Å². The first-order valence-corrected chi connectivity index (χ1v) is 12.4. The summed E-state index contributed by atoms with van der Waals surface area (Å²) in [6.45, 7) is 0. The summed E-state index contributed by atoms with van der Waals surface area (Å²) in [6.07, 6.45) is 0.342. The number of nitrogens with one attached hydrogen (secondary N) is 1. The predicted molar refractivity (Wildman–Crippen MR) is 141 cm³/mol. The third-order valence-corrected chi connectivity index (χ3v) is 6.30. The minimum Gasteiger partial charge on any atom is -0.508 e. The molecular formula is C30H24N3O8+. The molecule has 1 atom stereocenters. The summed E-state index contributed by atoms with van der Waals surface area (Å²) in [5.74, 6) is -4.59. The van der Waals surface area contributed by atoms with E-state index in [0.717, 1.165) is 0 Å². The Hall–Kier alpha value is -5.44. The molecule has 206 valence electrons. The highest BCUT2D eigenvalue weighted by atomic mass is 17.0.